The third-order valence-electron chi connectivity index (χ3n) is 5.23. The first kappa shape index (κ1) is 26.1. The minimum atomic E-state index is -0.676. The van der Waals surface area contributed by atoms with Crippen molar-refractivity contribution in [1.29, 1.82) is 5.41 Å². The summed E-state index contributed by atoms with van der Waals surface area (Å²) in [4.78, 5) is 42.5. The van der Waals surface area contributed by atoms with E-state index < -0.39 is 11.8 Å². The Morgan fingerprint density at radius 1 is 1.00 bits per heavy atom. The van der Waals surface area contributed by atoms with Crippen molar-refractivity contribution in [3.05, 3.63) is 96.0 Å². The van der Waals surface area contributed by atoms with Gasteiger partial charge in [0.2, 0.25) is 0 Å². The van der Waals surface area contributed by atoms with Crippen LogP contribution in [-0.2, 0) is 4.79 Å². The molecule has 4 rings (SSSR count). The van der Waals surface area contributed by atoms with Crippen LogP contribution in [0.1, 0.15) is 16.8 Å². The Kier molecular flexibility index (Phi) is 8.47. The quantitative estimate of drug-likeness (QED) is 0.193. The molecule has 190 valence electrons. The number of nitrogens with one attached hydrogen (secondary N) is 4. The normalized spacial score (nSPS) is 10.9. The SMILES string of the molecule is CNc1cccc(-c2ccc(Cl)c(C(=O)NC(CC(=N)C(=O)Nc3cncnc3)=Nc3ccccc3)c2)n1. The first-order valence-electron chi connectivity index (χ1n) is 11.5. The van der Waals surface area contributed by atoms with E-state index in [0.29, 0.717) is 28.5 Å². The van der Waals surface area contributed by atoms with E-state index >= 15 is 0 Å². The Bertz CT molecular complexity index is 1490. The van der Waals surface area contributed by atoms with Crippen molar-refractivity contribution >= 4 is 52.2 Å². The van der Waals surface area contributed by atoms with Gasteiger partial charge in [-0.05, 0) is 36.4 Å². The number of pyridine rings is 1. The summed E-state index contributed by atoms with van der Waals surface area (Å²) in [6.07, 6.45) is 3.90. The van der Waals surface area contributed by atoms with Crippen LogP contribution in [0.2, 0.25) is 5.02 Å². The van der Waals surface area contributed by atoms with Gasteiger partial charge in [-0.15, -0.1) is 0 Å². The van der Waals surface area contributed by atoms with Gasteiger partial charge >= 0.3 is 0 Å². The Balaban J connectivity index is 1.58. The molecule has 2 aromatic heterocycles. The second kappa shape index (κ2) is 12.3. The second-order valence-electron chi connectivity index (χ2n) is 7.94. The van der Waals surface area contributed by atoms with Gasteiger partial charge in [-0.25, -0.2) is 19.9 Å². The molecule has 0 aliphatic rings. The molecule has 10 nitrogen and oxygen atoms in total. The van der Waals surface area contributed by atoms with Crippen LogP contribution in [0.5, 0.6) is 0 Å². The average molecular weight is 527 g/mol. The zero-order valence-electron chi connectivity index (χ0n) is 20.3. The lowest BCUT2D eigenvalue weighted by molar-refractivity contribution is -0.110. The monoisotopic (exact) mass is 526 g/mol. The van der Waals surface area contributed by atoms with Gasteiger partial charge < -0.3 is 16.0 Å². The van der Waals surface area contributed by atoms with Gasteiger partial charge in [0.25, 0.3) is 11.8 Å². The molecular weight excluding hydrogens is 504 g/mol. The molecule has 0 spiro atoms. The van der Waals surface area contributed by atoms with E-state index in [4.69, 9.17) is 17.0 Å². The van der Waals surface area contributed by atoms with E-state index in [9.17, 15) is 9.59 Å². The molecule has 0 saturated heterocycles. The minimum Gasteiger partial charge on any atom is -0.373 e. The molecule has 0 bridgehead atoms. The first-order chi connectivity index (χ1) is 18.4. The van der Waals surface area contributed by atoms with Gasteiger partial charge in [0.05, 0.1) is 46.5 Å². The Morgan fingerprint density at radius 3 is 2.50 bits per heavy atom. The highest BCUT2D eigenvalue weighted by molar-refractivity contribution is 6.45. The molecule has 4 N–H and O–H groups in total. The van der Waals surface area contributed by atoms with Crippen molar-refractivity contribution in [2.45, 2.75) is 6.42 Å². The van der Waals surface area contributed by atoms with Crippen LogP contribution < -0.4 is 16.0 Å². The van der Waals surface area contributed by atoms with Crippen LogP contribution in [-0.4, -0.2) is 45.4 Å². The number of benzene rings is 2. The number of aliphatic imine (C=N–C) groups is 1. The molecule has 0 fully saturated rings. The van der Waals surface area contributed by atoms with Crippen molar-refractivity contribution < 1.29 is 9.59 Å². The largest absolute Gasteiger partial charge is 0.373 e. The van der Waals surface area contributed by atoms with E-state index in [1.54, 1.807) is 49.5 Å². The third kappa shape index (κ3) is 6.83. The first-order valence-corrected chi connectivity index (χ1v) is 11.8. The molecule has 0 unspecified atom stereocenters. The van der Waals surface area contributed by atoms with Crippen LogP contribution in [0.4, 0.5) is 17.2 Å². The van der Waals surface area contributed by atoms with Crippen LogP contribution >= 0.6 is 11.6 Å². The predicted octanol–water partition coefficient (Wildman–Crippen LogP) is 4.74. The van der Waals surface area contributed by atoms with Crippen molar-refractivity contribution in [3.8, 4) is 11.3 Å². The fourth-order valence-corrected chi connectivity index (χ4v) is 3.58. The number of amides is 2. The van der Waals surface area contributed by atoms with Gasteiger partial charge in [0.1, 0.15) is 23.7 Å². The Labute approximate surface area is 223 Å². The summed E-state index contributed by atoms with van der Waals surface area (Å²) in [5.41, 5.74) is 2.10. The second-order valence-corrected chi connectivity index (χ2v) is 8.34. The average Bonchev–Trinajstić information content (AvgIpc) is 2.94. The maximum absolute atomic E-state index is 13.3. The molecule has 2 heterocycles. The molecule has 0 radical (unpaired) electrons. The van der Waals surface area contributed by atoms with Crippen molar-refractivity contribution in [3.63, 3.8) is 0 Å². The number of halogens is 1. The summed E-state index contributed by atoms with van der Waals surface area (Å²) in [7, 11) is 1.77. The molecule has 2 amide bonds. The fraction of sp³-hybridized carbons (Fsp3) is 0.0741. The van der Waals surface area contributed by atoms with E-state index in [1.807, 2.05) is 24.3 Å². The zero-order chi connectivity index (χ0) is 26.9. The van der Waals surface area contributed by atoms with E-state index in [1.165, 1.54) is 18.7 Å². The fourth-order valence-electron chi connectivity index (χ4n) is 3.38. The molecule has 2 aromatic carbocycles. The lowest BCUT2D eigenvalue weighted by atomic mass is 10.1. The minimum absolute atomic E-state index is 0.0995. The molecule has 38 heavy (non-hydrogen) atoms. The molecular formula is C27H23ClN8O2. The van der Waals surface area contributed by atoms with E-state index in [2.05, 4.69) is 35.9 Å². The number of hydrogen-bond acceptors (Lipinski definition) is 8. The number of aromatic nitrogens is 3. The Morgan fingerprint density at radius 2 is 1.76 bits per heavy atom. The molecule has 0 saturated carbocycles. The summed E-state index contributed by atoms with van der Waals surface area (Å²) < 4.78 is 0. The van der Waals surface area contributed by atoms with Gasteiger partial charge in [-0.3, -0.25) is 15.0 Å². The number of rotatable bonds is 8. The smallest absolute Gasteiger partial charge is 0.269 e. The molecule has 0 aliphatic carbocycles. The summed E-state index contributed by atoms with van der Waals surface area (Å²) in [5.74, 6) is -0.437. The topological polar surface area (TPSA) is 145 Å². The molecule has 11 heteroatoms. The van der Waals surface area contributed by atoms with Gasteiger partial charge in [0.15, 0.2) is 0 Å². The van der Waals surface area contributed by atoms with Gasteiger partial charge in [-0.2, -0.15) is 0 Å². The zero-order valence-corrected chi connectivity index (χ0v) is 21.0. The van der Waals surface area contributed by atoms with Crippen LogP contribution in [0, 0.1) is 5.41 Å². The number of hydrogen-bond donors (Lipinski definition) is 4. The highest BCUT2D eigenvalue weighted by Crippen LogP contribution is 2.25. The number of carbonyl (C=O) groups excluding carboxylic acids is 2. The summed E-state index contributed by atoms with van der Waals surface area (Å²) in [5, 5.41) is 16.8. The van der Waals surface area contributed by atoms with Gasteiger partial charge in [0, 0.05) is 12.6 Å². The van der Waals surface area contributed by atoms with Crippen molar-refractivity contribution in [2.24, 2.45) is 4.99 Å². The highest BCUT2D eigenvalue weighted by Gasteiger charge is 2.19. The number of nitrogens with zero attached hydrogens (tertiary/aromatic N) is 4. The lowest BCUT2D eigenvalue weighted by Crippen LogP contribution is -2.35. The van der Waals surface area contributed by atoms with E-state index in [-0.39, 0.29) is 28.6 Å². The maximum Gasteiger partial charge on any atom is 0.269 e. The number of carbonyl (C=O) groups is 2. The summed E-state index contributed by atoms with van der Waals surface area (Å²) in [6.45, 7) is 0. The predicted molar refractivity (Wildman–Crippen MR) is 148 cm³/mol. The summed E-state index contributed by atoms with van der Waals surface area (Å²) >= 11 is 6.38. The molecule has 0 aliphatic heterocycles. The van der Waals surface area contributed by atoms with Crippen LogP contribution in [0.25, 0.3) is 11.3 Å². The molecule has 0 atom stereocenters. The van der Waals surface area contributed by atoms with Gasteiger partial charge in [-0.1, -0.05) is 41.9 Å². The number of amidine groups is 1. The summed E-state index contributed by atoms with van der Waals surface area (Å²) in [6, 6.07) is 19.4. The number of anilines is 2. The highest BCUT2D eigenvalue weighted by atomic mass is 35.5. The van der Waals surface area contributed by atoms with E-state index in [0.717, 1.165) is 0 Å². The van der Waals surface area contributed by atoms with Crippen LogP contribution in [0.3, 0.4) is 0 Å². The molecule has 4 aromatic rings. The van der Waals surface area contributed by atoms with Crippen LogP contribution in [0.15, 0.2) is 90.4 Å². The lowest BCUT2D eigenvalue weighted by Gasteiger charge is -2.12. The van der Waals surface area contributed by atoms with Crippen molar-refractivity contribution in [1.82, 2.24) is 20.3 Å². The number of para-hydroxylation sites is 1. The van der Waals surface area contributed by atoms with Crippen molar-refractivity contribution in [2.75, 3.05) is 17.7 Å². The Hall–Kier alpha value is -4.96. The standard InChI is InChI=1S/C27H23ClN8O2/c1-30-24-9-5-8-23(35-24)17-10-11-21(28)20(12-17)26(37)36-25(33-18-6-3-2-4-7-18)13-22(29)27(38)34-19-14-31-16-32-15-19/h2-12,14-16,29H,13H2,1H3,(H,30,35)(H,34,38)(H,33,36,37). The third-order valence-corrected chi connectivity index (χ3v) is 5.56. The maximum atomic E-state index is 13.3.